The first-order valence-electron chi connectivity index (χ1n) is 6.07. The van der Waals surface area contributed by atoms with Crippen molar-refractivity contribution in [2.45, 2.75) is 0 Å². The Morgan fingerprint density at radius 3 is 2.70 bits per heavy atom. The number of aromatic carboxylic acids is 1. The van der Waals surface area contributed by atoms with Gasteiger partial charge in [-0.1, -0.05) is 0 Å². The smallest absolute Gasteiger partial charge is 0.337 e. The Bertz CT molecular complexity index is 657. The van der Waals surface area contributed by atoms with Crippen molar-refractivity contribution >= 4 is 17.3 Å². The van der Waals surface area contributed by atoms with Crippen molar-refractivity contribution in [2.24, 2.45) is 0 Å². The van der Waals surface area contributed by atoms with E-state index >= 15 is 0 Å². The summed E-state index contributed by atoms with van der Waals surface area (Å²) in [7, 11) is 0. The highest BCUT2D eigenvalue weighted by Gasteiger charge is 2.12. The van der Waals surface area contributed by atoms with Crippen LogP contribution in [0.4, 0.5) is 11.4 Å². The minimum Gasteiger partial charge on any atom is -0.486 e. The van der Waals surface area contributed by atoms with Crippen molar-refractivity contribution in [3.05, 3.63) is 42.2 Å². The summed E-state index contributed by atoms with van der Waals surface area (Å²) >= 11 is 0. The fourth-order valence-electron chi connectivity index (χ4n) is 1.91. The molecular formula is C14H12N2O4. The van der Waals surface area contributed by atoms with Gasteiger partial charge in [0.15, 0.2) is 11.5 Å². The molecule has 0 saturated carbocycles. The monoisotopic (exact) mass is 272 g/mol. The molecule has 2 N–H and O–H groups in total. The summed E-state index contributed by atoms with van der Waals surface area (Å²) in [5.74, 6) is 0.367. The number of aromatic nitrogens is 1. The van der Waals surface area contributed by atoms with Gasteiger partial charge >= 0.3 is 5.97 Å². The lowest BCUT2D eigenvalue weighted by Crippen LogP contribution is -2.15. The van der Waals surface area contributed by atoms with Crippen molar-refractivity contribution in [2.75, 3.05) is 18.5 Å². The zero-order chi connectivity index (χ0) is 13.9. The van der Waals surface area contributed by atoms with Gasteiger partial charge in [-0.3, -0.25) is 4.98 Å². The van der Waals surface area contributed by atoms with Gasteiger partial charge in [0.05, 0.1) is 17.4 Å². The summed E-state index contributed by atoms with van der Waals surface area (Å²) in [4.78, 5) is 14.8. The number of anilines is 2. The van der Waals surface area contributed by atoms with E-state index in [0.717, 1.165) is 5.69 Å². The Balaban J connectivity index is 1.84. The van der Waals surface area contributed by atoms with Crippen molar-refractivity contribution in [3.8, 4) is 11.5 Å². The zero-order valence-electron chi connectivity index (χ0n) is 10.5. The standard InChI is InChI=1S/C14H12N2O4/c17-14(18)9-5-11(8-15-7-9)16-10-1-2-12-13(6-10)20-4-3-19-12/h1-2,5-8,16H,3-4H2,(H,17,18). The second-order valence-electron chi connectivity index (χ2n) is 4.25. The van der Waals surface area contributed by atoms with Crippen LogP contribution in [0.2, 0.25) is 0 Å². The average molecular weight is 272 g/mol. The lowest BCUT2D eigenvalue weighted by atomic mass is 10.2. The second-order valence-corrected chi connectivity index (χ2v) is 4.25. The van der Waals surface area contributed by atoms with Gasteiger partial charge in [0.25, 0.3) is 0 Å². The van der Waals surface area contributed by atoms with Gasteiger partial charge in [0.1, 0.15) is 13.2 Å². The molecule has 20 heavy (non-hydrogen) atoms. The van der Waals surface area contributed by atoms with Gasteiger partial charge in [-0.25, -0.2) is 4.79 Å². The van der Waals surface area contributed by atoms with E-state index in [4.69, 9.17) is 14.6 Å². The number of nitrogens with one attached hydrogen (secondary N) is 1. The molecule has 1 aromatic heterocycles. The summed E-state index contributed by atoms with van der Waals surface area (Å²) < 4.78 is 10.9. The van der Waals surface area contributed by atoms with Crippen molar-refractivity contribution < 1.29 is 19.4 Å². The van der Waals surface area contributed by atoms with E-state index < -0.39 is 5.97 Å². The van der Waals surface area contributed by atoms with Crippen molar-refractivity contribution in [1.29, 1.82) is 0 Å². The number of ether oxygens (including phenoxy) is 2. The molecule has 0 bridgehead atoms. The number of hydrogen-bond donors (Lipinski definition) is 2. The number of carboxylic acids is 1. The quantitative estimate of drug-likeness (QED) is 0.892. The van der Waals surface area contributed by atoms with E-state index in [1.54, 1.807) is 6.20 Å². The second kappa shape index (κ2) is 5.08. The van der Waals surface area contributed by atoms with Crippen LogP contribution in [0.5, 0.6) is 11.5 Å². The molecule has 0 unspecified atom stereocenters. The molecule has 6 heteroatoms. The highest BCUT2D eigenvalue weighted by molar-refractivity contribution is 5.88. The SMILES string of the molecule is O=C(O)c1cncc(Nc2ccc3c(c2)OCCO3)c1. The first kappa shape index (κ1) is 12.3. The summed E-state index contributed by atoms with van der Waals surface area (Å²) in [5, 5.41) is 12.0. The molecule has 0 fully saturated rings. The number of hydrogen-bond acceptors (Lipinski definition) is 5. The van der Waals surface area contributed by atoms with Crippen LogP contribution in [-0.4, -0.2) is 29.3 Å². The van der Waals surface area contributed by atoms with Crippen LogP contribution in [0.1, 0.15) is 10.4 Å². The Kier molecular flexibility index (Phi) is 3.12. The molecule has 102 valence electrons. The number of benzene rings is 1. The zero-order valence-corrected chi connectivity index (χ0v) is 10.5. The van der Waals surface area contributed by atoms with Crippen LogP contribution in [0.15, 0.2) is 36.7 Å². The Hall–Kier alpha value is -2.76. The topological polar surface area (TPSA) is 80.7 Å². The molecule has 0 aliphatic carbocycles. The predicted octanol–water partition coefficient (Wildman–Crippen LogP) is 2.29. The molecule has 2 heterocycles. The van der Waals surface area contributed by atoms with E-state index in [2.05, 4.69) is 10.3 Å². The number of pyridine rings is 1. The maximum absolute atomic E-state index is 10.9. The van der Waals surface area contributed by atoms with E-state index in [0.29, 0.717) is 30.4 Å². The molecule has 0 amide bonds. The van der Waals surface area contributed by atoms with Crippen LogP contribution >= 0.6 is 0 Å². The first-order chi connectivity index (χ1) is 9.72. The van der Waals surface area contributed by atoms with Crippen LogP contribution in [0.3, 0.4) is 0 Å². The first-order valence-corrected chi connectivity index (χ1v) is 6.07. The van der Waals surface area contributed by atoms with Gasteiger partial charge in [-0.05, 0) is 18.2 Å². The van der Waals surface area contributed by atoms with E-state index in [1.165, 1.54) is 12.3 Å². The summed E-state index contributed by atoms with van der Waals surface area (Å²) in [6.45, 7) is 1.07. The van der Waals surface area contributed by atoms with Crippen LogP contribution in [0.25, 0.3) is 0 Å². The van der Waals surface area contributed by atoms with Crippen LogP contribution < -0.4 is 14.8 Å². The third-order valence-electron chi connectivity index (χ3n) is 2.82. The lowest BCUT2D eigenvalue weighted by molar-refractivity contribution is 0.0696. The molecule has 1 aliphatic heterocycles. The molecule has 3 rings (SSSR count). The molecule has 0 spiro atoms. The van der Waals surface area contributed by atoms with Gasteiger partial charge in [0, 0.05) is 18.0 Å². The van der Waals surface area contributed by atoms with E-state index in [1.807, 2.05) is 18.2 Å². The summed E-state index contributed by atoms with van der Waals surface area (Å²) in [5.41, 5.74) is 1.51. The fraction of sp³-hybridized carbons (Fsp3) is 0.143. The minimum atomic E-state index is -1.01. The van der Waals surface area contributed by atoms with Crippen LogP contribution in [-0.2, 0) is 0 Å². The molecule has 1 aromatic carbocycles. The third kappa shape index (κ3) is 2.49. The number of nitrogens with zero attached hydrogens (tertiary/aromatic N) is 1. The summed E-state index contributed by atoms with van der Waals surface area (Å²) in [6, 6.07) is 6.97. The number of rotatable bonds is 3. The van der Waals surface area contributed by atoms with Crippen LogP contribution in [0, 0.1) is 0 Å². The highest BCUT2D eigenvalue weighted by atomic mass is 16.6. The molecular weight excluding hydrogens is 260 g/mol. The summed E-state index contributed by atoms with van der Waals surface area (Å²) in [6.07, 6.45) is 2.86. The number of carboxylic acid groups (broad SMARTS) is 1. The maximum atomic E-state index is 10.9. The molecule has 6 nitrogen and oxygen atoms in total. The van der Waals surface area contributed by atoms with Gasteiger partial charge in [-0.15, -0.1) is 0 Å². The molecule has 0 saturated heterocycles. The Morgan fingerprint density at radius 2 is 1.90 bits per heavy atom. The molecule has 1 aliphatic rings. The van der Waals surface area contributed by atoms with E-state index in [-0.39, 0.29) is 5.56 Å². The van der Waals surface area contributed by atoms with Gasteiger partial charge < -0.3 is 19.9 Å². The van der Waals surface area contributed by atoms with Gasteiger partial charge in [-0.2, -0.15) is 0 Å². The Morgan fingerprint density at radius 1 is 1.10 bits per heavy atom. The maximum Gasteiger partial charge on any atom is 0.337 e. The van der Waals surface area contributed by atoms with Gasteiger partial charge in [0.2, 0.25) is 0 Å². The van der Waals surface area contributed by atoms with Crippen molar-refractivity contribution in [1.82, 2.24) is 4.98 Å². The number of fused-ring (bicyclic) bond motifs is 1. The van der Waals surface area contributed by atoms with E-state index in [9.17, 15) is 4.79 Å². The predicted molar refractivity (Wildman–Crippen MR) is 71.9 cm³/mol. The Labute approximate surface area is 115 Å². The average Bonchev–Trinajstić information content (AvgIpc) is 2.47. The lowest BCUT2D eigenvalue weighted by Gasteiger charge is -2.19. The normalized spacial score (nSPS) is 12.8. The molecule has 0 radical (unpaired) electrons. The minimum absolute atomic E-state index is 0.132. The van der Waals surface area contributed by atoms with Crippen molar-refractivity contribution in [3.63, 3.8) is 0 Å². The fourth-order valence-corrected chi connectivity index (χ4v) is 1.91. The molecule has 0 atom stereocenters. The third-order valence-corrected chi connectivity index (χ3v) is 2.82. The largest absolute Gasteiger partial charge is 0.486 e. The highest BCUT2D eigenvalue weighted by Crippen LogP contribution is 2.33. The molecule has 2 aromatic rings. The number of carbonyl (C=O) groups is 1.